The van der Waals surface area contributed by atoms with E-state index in [1.807, 2.05) is 0 Å². The van der Waals surface area contributed by atoms with Gasteiger partial charge in [0.05, 0.1) is 23.4 Å². The van der Waals surface area contributed by atoms with E-state index in [1.165, 1.54) is 58.2 Å². The summed E-state index contributed by atoms with van der Waals surface area (Å²) in [5.41, 5.74) is 6.79. The number of hydrogen-bond donors (Lipinski definition) is 1. The normalized spacial score (nSPS) is 15.9. The van der Waals surface area contributed by atoms with E-state index in [-0.39, 0.29) is 5.78 Å². The second-order valence-electron chi connectivity index (χ2n) is 8.22. The van der Waals surface area contributed by atoms with Gasteiger partial charge < -0.3 is 15.4 Å². The lowest BCUT2D eigenvalue weighted by molar-refractivity contribution is 0.0955. The van der Waals surface area contributed by atoms with Gasteiger partial charge >= 0.3 is 0 Å². The fraction of sp³-hybridized carbons (Fsp3) is 0.696. The minimum Gasteiger partial charge on any atom is -0.496 e. The molecule has 1 heterocycles. The third-order valence-electron chi connectivity index (χ3n) is 6.02. The molecule has 0 amide bonds. The molecular formula is C23H37ClN2O2. The van der Waals surface area contributed by atoms with Crippen molar-refractivity contribution in [2.75, 3.05) is 32.5 Å². The van der Waals surface area contributed by atoms with E-state index < -0.39 is 0 Å². The molecule has 0 unspecified atom stereocenters. The molecule has 0 aromatic heterocycles. The summed E-state index contributed by atoms with van der Waals surface area (Å²) in [5, 5.41) is 0.408. The molecular weight excluding hydrogens is 372 g/mol. The number of ether oxygens (including phenoxy) is 1. The molecule has 5 heteroatoms. The van der Waals surface area contributed by atoms with Crippen molar-refractivity contribution in [2.24, 2.45) is 11.8 Å². The molecule has 1 fully saturated rings. The third-order valence-corrected chi connectivity index (χ3v) is 6.34. The maximum absolute atomic E-state index is 12.7. The largest absolute Gasteiger partial charge is 0.496 e. The first-order valence-corrected chi connectivity index (χ1v) is 11.2. The molecule has 0 bridgehead atoms. The average molecular weight is 409 g/mol. The quantitative estimate of drug-likeness (QED) is 0.370. The second kappa shape index (κ2) is 11.7. The number of likely N-dealkylation sites (tertiary alicyclic amines) is 1. The molecule has 1 aliphatic rings. The van der Waals surface area contributed by atoms with Gasteiger partial charge in [-0.2, -0.15) is 0 Å². The van der Waals surface area contributed by atoms with Gasteiger partial charge in [0.1, 0.15) is 5.75 Å². The highest BCUT2D eigenvalue weighted by Crippen LogP contribution is 2.31. The minimum absolute atomic E-state index is 0.0899. The van der Waals surface area contributed by atoms with Crippen LogP contribution in [0, 0.1) is 11.8 Å². The van der Waals surface area contributed by atoms with Crippen molar-refractivity contribution < 1.29 is 9.53 Å². The van der Waals surface area contributed by atoms with Crippen molar-refractivity contribution in [1.82, 2.24) is 4.90 Å². The number of nitrogens with two attached hydrogens (primary N) is 1. The zero-order valence-electron chi connectivity index (χ0n) is 17.8. The number of nitrogens with zero attached hydrogens (tertiary/aromatic N) is 1. The number of benzene rings is 1. The minimum atomic E-state index is 0.0899. The van der Waals surface area contributed by atoms with E-state index in [0.717, 1.165) is 12.3 Å². The van der Waals surface area contributed by atoms with Crippen molar-refractivity contribution in [3.8, 4) is 5.75 Å². The SMILES string of the molecule is CCCC(CCC)CN1CCC(CCC(=O)c2cc(Cl)c(N)cc2OC)CC1. The first-order valence-electron chi connectivity index (χ1n) is 10.9. The van der Waals surface area contributed by atoms with E-state index in [2.05, 4.69) is 18.7 Å². The molecule has 1 aromatic carbocycles. The first-order chi connectivity index (χ1) is 13.5. The number of hydrogen-bond acceptors (Lipinski definition) is 4. The summed E-state index contributed by atoms with van der Waals surface area (Å²) >= 11 is 6.10. The van der Waals surface area contributed by atoms with Crippen LogP contribution in [0.5, 0.6) is 5.75 Å². The van der Waals surface area contributed by atoms with Crippen LogP contribution in [0.1, 0.15) is 75.6 Å². The number of nitrogen functional groups attached to an aromatic ring is 1. The number of carbonyl (C=O) groups is 1. The molecule has 0 atom stereocenters. The average Bonchev–Trinajstić information content (AvgIpc) is 2.69. The predicted molar refractivity (Wildman–Crippen MR) is 118 cm³/mol. The number of halogens is 1. The van der Waals surface area contributed by atoms with Crippen LogP contribution in [0.25, 0.3) is 0 Å². The number of anilines is 1. The zero-order valence-corrected chi connectivity index (χ0v) is 18.6. The van der Waals surface area contributed by atoms with Gasteiger partial charge in [0, 0.05) is 19.0 Å². The van der Waals surface area contributed by atoms with Crippen LogP contribution in [0.3, 0.4) is 0 Å². The highest BCUT2D eigenvalue weighted by molar-refractivity contribution is 6.33. The molecule has 0 aliphatic carbocycles. The molecule has 1 aromatic rings. The lowest BCUT2D eigenvalue weighted by atomic mass is 9.89. The molecule has 1 aliphatic heterocycles. The Morgan fingerprint density at radius 2 is 1.89 bits per heavy atom. The van der Waals surface area contributed by atoms with Gasteiger partial charge in [0.2, 0.25) is 0 Å². The van der Waals surface area contributed by atoms with Gasteiger partial charge in [0.15, 0.2) is 5.78 Å². The standard InChI is InChI=1S/C23H37ClN2O2/c1-4-6-18(7-5-2)16-26-12-10-17(11-13-26)8-9-22(27)19-14-20(24)21(25)15-23(19)28-3/h14-15,17-18H,4-13,16,25H2,1-3H3. The van der Waals surface area contributed by atoms with Crippen LogP contribution in [0.2, 0.25) is 5.02 Å². The Morgan fingerprint density at radius 3 is 2.46 bits per heavy atom. The summed E-state index contributed by atoms with van der Waals surface area (Å²) in [6.45, 7) is 8.15. The van der Waals surface area contributed by atoms with Gasteiger partial charge in [-0.3, -0.25) is 4.79 Å². The number of Topliss-reactive ketones (excluding diaryl/α,β-unsaturated/α-hetero) is 1. The molecule has 4 nitrogen and oxygen atoms in total. The number of piperidine rings is 1. The van der Waals surface area contributed by atoms with E-state index in [1.54, 1.807) is 19.2 Å². The lowest BCUT2D eigenvalue weighted by Gasteiger charge is -2.34. The number of methoxy groups -OCH3 is 1. The Bertz CT molecular complexity index is 621. The van der Waals surface area contributed by atoms with Crippen molar-refractivity contribution in [3.63, 3.8) is 0 Å². The van der Waals surface area contributed by atoms with Gasteiger partial charge in [-0.1, -0.05) is 38.3 Å². The monoisotopic (exact) mass is 408 g/mol. The fourth-order valence-corrected chi connectivity index (χ4v) is 4.56. The van der Waals surface area contributed by atoms with Crippen LogP contribution >= 0.6 is 11.6 Å². The summed E-state index contributed by atoms with van der Waals surface area (Å²) in [4.78, 5) is 15.3. The number of ketones is 1. The lowest BCUT2D eigenvalue weighted by Crippen LogP contribution is -2.37. The molecule has 1 saturated heterocycles. The fourth-order valence-electron chi connectivity index (χ4n) is 4.39. The summed E-state index contributed by atoms with van der Waals surface area (Å²) < 4.78 is 5.32. The van der Waals surface area contributed by atoms with E-state index >= 15 is 0 Å². The van der Waals surface area contributed by atoms with Crippen LogP contribution in [-0.4, -0.2) is 37.4 Å². The van der Waals surface area contributed by atoms with Crippen molar-refractivity contribution in [1.29, 1.82) is 0 Å². The van der Waals surface area contributed by atoms with Crippen LogP contribution < -0.4 is 10.5 Å². The zero-order chi connectivity index (χ0) is 20.5. The molecule has 0 spiro atoms. The van der Waals surface area contributed by atoms with Gasteiger partial charge in [-0.25, -0.2) is 0 Å². The maximum atomic E-state index is 12.7. The molecule has 2 N–H and O–H groups in total. The molecule has 0 radical (unpaired) electrons. The Balaban J connectivity index is 1.81. The van der Waals surface area contributed by atoms with Crippen LogP contribution in [0.15, 0.2) is 12.1 Å². The predicted octanol–water partition coefficient (Wildman–Crippen LogP) is 5.82. The van der Waals surface area contributed by atoms with E-state index in [9.17, 15) is 4.79 Å². The van der Waals surface area contributed by atoms with Crippen molar-refractivity contribution >= 4 is 23.1 Å². The smallest absolute Gasteiger partial charge is 0.166 e. The molecule has 0 saturated carbocycles. The molecule has 2 rings (SSSR count). The third kappa shape index (κ3) is 6.66. The molecule has 158 valence electrons. The van der Waals surface area contributed by atoms with Gasteiger partial charge in [-0.05, 0) is 63.1 Å². The highest BCUT2D eigenvalue weighted by Gasteiger charge is 2.23. The van der Waals surface area contributed by atoms with E-state index in [0.29, 0.717) is 34.4 Å². The topological polar surface area (TPSA) is 55.6 Å². The Morgan fingerprint density at radius 1 is 1.25 bits per heavy atom. The summed E-state index contributed by atoms with van der Waals surface area (Å²) in [5.74, 6) is 2.08. The molecule has 28 heavy (non-hydrogen) atoms. The van der Waals surface area contributed by atoms with Gasteiger partial charge in [-0.15, -0.1) is 0 Å². The number of rotatable bonds is 11. The van der Waals surface area contributed by atoms with Gasteiger partial charge in [0.25, 0.3) is 0 Å². The Labute approximate surface area is 175 Å². The van der Waals surface area contributed by atoms with Crippen molar-refractivity contribution in [3.05, 3.63) is 22.7 Å². The first kappa shape index (κ1) is 23.0. The van der Waals surface area contributed by atoms with Crippen LogP contribution in [0.4, 0.5) is 5.69 Å². The van der Waals surface area contributed by atoms with Crippen molar-refractivity contribution in [2.45, 2.75) is 65.2 Å². The Kier molecular flexibility index (Phi) is 9.60. The highest BCUT2D eigenvalue weighted by atomic mass is 35.5. The second-order valence-corrected chi connectivity index (χ2v) is 8.63. The van der Waals surface area contributed by atoms with E-state index in [4.69, 9.17) is 22.1 Å². The summed E-state index contributed by atoms with van der Waals surface area (Å²) in [7, 11) is 1.56. The summed E-state index contributed by atoms with van der Waals surface area (Å²) in [6, 6.07) is 3.28. The summed E-state index contributed by atoms with van der Waals surface area (Å²) in [6.07, 6.45) is 9.10. The van der Waals surface area contributed by atoms with Crippen LogP contribution in [-0.2, 0) is 0 Å². The maximum Gasteiger partial charge on any atom is 0.166 e. The Hall–Kier alpha value is -1.26. The number of carbonyl (C=O) groups excluding carboxylic acids is 1.